The van der Waals surface area contributed by atoms with E-state index in [1.54, 1.807) is 20.8 Å². The number of aliphatic hydroxyl groups excluding tert-OH is 1. The van der Waals surface area contributed by atoms with Crippen LogP contribution in [0, 0.1) is 0 Å². The second-order valence-electron chi connectivity index (χ2n) is 3.60. The molecule has 0 atom stereocenters. The molecule has 0 fully saturated rings. The van der Waals surface area contributed by atoms with Crippen LogP contribution in [0.15, 0.2) is 22.5 Å². The molecular formula is C12H16O4. The lowest BCUT2D eigenvalue weighted by molar-refractivity contribution is -0.138. The van der Waals surface area contributed by atoms with E-state index >= 15 is 0 Å². The minimum atomic E-state index is -0.453. The molecule has 0 aromatic rings. The maximum atomic E-state index is 11.5. The van der Waals surface area contributed by atoms with Crippen molar-refractivity contribution >= 4 is 11.8 Å². The number of carbonyl (C=O) groups is 2. The zero-order chi connectivity index (χ0) is 12.3. The van der Waals surface area contributed by atoms with Gasteiger partial charge in [0.05, 0.1) is 6.61 Å². The molecule has 0 radical (unpaired) electrons. The van der Waals surface area contributed by atoms with E-state index in [4.69, 9.17) is 4.74 Å². The predicted octanol–water partition coefficient (Wildman–Crippen LogP) is 2.06. The lowest BCUT2D eigenvalue weighted by Gasteiger charge is -2.03. The molecule has 0 spiro atoms. The summed E-state index contributed by atoms with van der Waals surface area (Å²) in [7, 11) is 0. The van der Waals surface area contributed by atoms with Crippen LogP contribution in [-0.2, 0) is 14.3 Å². The van der Waals surface area contributed by atoms with Gasteiger partial charge in [-0.15, -0.1) is 0 Å². The lowest BCUT2D eigenvalue weighted by Crippen LogP contribution is -2.09. The molecule has 1 N–H and O–H groups in total. The summed E-state index contributed by atoms with van der Waals surface area (Å²) in [6.07, 6.45) is 0.506. The number of Topliss-reactive ketones (excluding diaryl/α,β-unsaturated/α-hetero) is 1. The van der Waals surface area contributed by atoms with Gasteiger partial charge in [0.2, 0.25) is 0 Å². The van der Waals surface area contributed by atoms with Gasteiger partial charge in [-0.3, -0.25) is 4.79 Å². The second-order valence-corrected chi connectivity index (χ2v) is 3.60. The maximum Gasteiger partial charge on any atom is 0.334 e. The van der Waals surface area contributed by atoms with Crippen LogP contribution in [0.4, 0.5) is 0 Å². The Morgan fingerprint density at radius 2 is 1.94 bits per heavy atom. The van der Waals surface area contributed by atoms with E-state index in [0.717, 1.165) is 0 Å². The second kappa shape index (κ2) is 4.96. The molecule has 4 heteroatoms. The molecule has 0 amide bonds. The quantitative estimate of drug-likeness (QED) is 0.742. The number of esters is 1. The first kappa shape index (κ1) is 12.5. The monoisotopic (exact) mass is 224 g/mol. The molecule has 0 aromatic heterocycles. The summed E-state index contributed by atoms with van der Waals surface area (Å²) in [6, 6.07) is 0. The summed E-state index contributed by atoms with van der Waals surface area (Å²) in [4.78, 5) is 23.0. The van der Waals surface area contributed by atoms with Gasteiger partial charge in [0.25, 0.3) is 0 Å². The summed E-state index contributed by atoms with van der Waals surface area (Å²) >= 11 is 0. The third kappa shape index (κ3) is 2.15. The number of aliphatic hydroxyl groups is 1. The molecule has 16 heavy (non-hydrogen) atoms. The van der Waals surface area contributed by atoms with E-state index in [1.807, 2.05) is 0 Å². The molecule has 88 valence electrons. The molecule has 0 unspecified atom stereocenters. The van der Waals surface area contributed by atoms with Crippen LogP contribution in [0.2, 0.25) is 0 Å². The predicted molar refractivity (Wildman–Crippen MR) is 58.9 cm³/mol. The van der Waals surface area contributed by atoms with E-state index in [-0.39, 0.29) is 24.6 Å². The Kier molecular flexibility index (Phi) is 3.88. The fraction of sp³-hybridized carbons (Fsp3) is 0.500. The molecule has 0 bridgehead atoms. The number of allylic oxidation sites excluding steroid dienone is 2. The van der Waals surface area contributed by atoms with Crippen molar-refractivity contribution in [3.63, 3.8) is 0 Å². The van der Waals surface area contributed by atoms with Crippen LogP contribution >= 0.6 is 0 Å². The van der Waals surface area contributed by atoms with Crippen LogP contribution in [-0.4, -0.2) is 23.5 Å². The van der Waals surface area contributed by atoms with E-state index in [0.29, 0.717) is 23.1 Å². The van der Waals surface area contributed by atoms with Gasteiger partial charge >= 0.3 is 5.97 Å². The van der Waals surface area contributed by atoms with Gasteiger partial charge in [-0.2, -0.15) is 0 Å². The Morgan fingerprint density at radius 1 is 1.31 bits per heavy atom. The van der Waals surface area contributed by atoms with Gasteiger partial charge in [-0.05, 0) is 13.8 Å². The Labute approximate surface area is 94.6 Å². The maximum absolute atomic E-state index is 11.5. The Morgan fingerprint density at radius 3 is 2.44 bits per heavy atom. The largest absolute Gasteiger partial charge is 0.507 e. The van der Waals surface area contributed by atoms with Crippen molar-refractivity contribution < 1.29 is 19.4 Å². The van der Waals surface area contributed by atoms with Crippen molar-refractivity contribution in [2.45, 2.75) is 33.6 Å². The zero-order valence-corrected chi connectivity index (χ0v) is 9.79. The average Bonchev–Trinajstić information content (AvgIpc) is 2.56. The summed E-state index contributed by atoms with van der Waals surface area (Å²) in [6.45, 7) is 5.35. The first-order chi connectivity index (χ1) is 7.52. The van der Waals surface area contributed by atoms with Crippen LogP contribution in [0.5, 0.6) is 0 Å². The van der Waals surface area contributed by atoms with Crippen LogP contribution in [0.25, 0.3) is 0 Å². The molecule has 1 rings (SSSR count). The Bertz CT molecular complexity index is 388. The molecule has 4 nitrogen and oxygen atoms in total. The topological polar surface area (TPSA) is 63.6 Å². The third-order valence-corrected chi connectivity index (χ3v) is 2.63. The van der Waals surface area contributed by atoms with Gasteiger partial charge in [0.15, 0.2) is 5.78 Å². The molecule has 0 saturated carbocycles. The van der Waals surface area contributed by atoms with E-state index < -0.39 is 5.97 Å². The van der Waals surface area contributed by atoms with Crippen molar-refractivity contribution in [3.05, 3.63) is 22.5 Å². The van der Waals surface area contributed by atoms with Crippen molar-refractivity contribution in [2.75, 3.05) is 6.61 Å². The third-order valence-electron chi connectivity index (χ3n) is 2.63. The van der Waals surface area contributed by atoms with Crippen molar-refractivity contribution in [1.29, 1.82) is 0 Å². The molecule has 0 aromatic carbocycles. The summed E-state index contributed by atoms with van der Waals surface area (Å²) in [5.41, 5.74) is 1.16. The summed E-state index contributed by atoms with van der Waals surface area (Å²) in [5.74, 6) is -0.642. The van der Waals surface area contributed by atoms with Crippen molar-refractivity contribution in [1.82, 2.24) is 0 Å². The molecule has 0 saturated heterocycles. The standard InChI is InChI=1S/C12H16O4/c1-4-10(13)9-6-8(7(3)11(9)14)12(15)16-5-2/h14H,4-6H2,1-3H3. The Balaban J connectivity index is 2.91. The molecule has 1 aliphatic carbocycles. The number of ether oxygens (including phenoxy) is 1. The number of carbonyl (C=O) groups excluding carboxylic acids is 2. The first-order valence-electron chi connectivity index (χ1n) is 5.35. The SMILES string of the molecule is CCOC(=O)C1=C(C)C(O)=C(C(=O)CC)C1. The zero-order valence-electron chi connectivity index (χ0n) is 9.79. The van der Waals surface area contributed by atoms with Crippen LogP contribution in [0.1, 0.15) is 33.6 Å². The number of rotatable bonds is 4. The number of ketones is 1. The first-order valence-corrected chi connectivity index (χ1v) is 5.35. The highest BCUT2D eigenvalue weighted by Crippen LogP contribution is 2.32. The lowest BCUT2D eigenvalue weighted by atomic mass is 10.1. The normalized spacial score (nSPS) is 15.7. The van der Waals surface area contributed by atoms with Crippen molar-refractivity contribution in [2.24, 2.45) is 0 Å². The van der Waals surface area contributed by atoms with Gasteiger partial charge in [0.1, 0.15) is 5.76 Å². The van der Waals surface area contributed by atoms with E-state index in [2.05, 4.69) is 0 Å². The average molecular weight is 224 g/mol. The minimum Gasteiger partial charge on any atom is -0.507 e. The highest BCUT2D eigenvalue weighted by molar-refractivity contribution is 6.02. The Hall–Kier alpha value is -1.58. The van der Waals surface area contributed by atoms with Gasteiger partial charge in [0, 0.05) is 29.6 Å². The van der Waals surface area contributed by atoms with Crippen LogP contribution < -0.4 is 0 Å². The fourth-order valence-electron chi connectivity index (χ4n) is 1.65. The molecule has 0 aliphatic heterocycles. The molecule has 1 aliphatic rings. The molecular weight excluding hydrogens is 208 g/mol. The smallest absolute Gasteiger partial charge is 0.334 e. The molecule has 0 heterocycles. The van der Waals surface area contributed by atoms with Crippen LogP contribution in [0.3, 0.4) is 0 Å². The van der Waals surface area contributed by atoms with E-state index in [9.17, 15) is 14.7 Å². The number of hydrogen-bond acceptors (Lipinski definition) is 4. The summed E-state index contributed by atoms with van der Waals surface area (Å²) in [5, 5.41) is 9.74. The fourth-order valence-corrected chi connectivity index (χ4v) is 1.65. The van der Waals surface area contributed by atoms with Crippen molar-refractivity contribution in [3.8, 4) is 0 Å². The van der Waals surface area contributed by atoms with Gasteiger partial charge in [-0.25, -0.2) is 4.79 Å². The number of hydrogen-bond donors (Lipinski definition) is 1. The highest BCUT2D eigenvalue weighted by Gasteiger charge is 2.29. The van der Waals surface area contributed by atoms with Gasteiger partial charge in [-0.1, -0.05) is 6.92 Å². The minimum absolute atomic E-state index is 0.0603. The van der Waals surface area contributed by atoms with Gasteiger partial charge < -0.3 is 9.84 Å². The highest BCUT2D eigenvalue weighted by atomic mass is 16.5. The summed E-state index contributed by atoms with van der Waals surface area (Å²) < 4.78 is 4.86. The van der Waals surface area contributed by atoms with E-state index in [1.165, 1.54) is 0 Å².